The number of hydrogen-bond acceptors (Lipinski definition) is 9. The van der Waals surface area contributed by atoms with Crippen molar-refractivity contribution in [2.75, 3.05) is 26.2 Å². The lowest BCUT2D eigenvalue weighted by Crippen LogP contribution is -2.53. The van der Waals surface area contributed by atoms with E-state index in [9.17, 15) is 29.4 Å². The number of imide groups is 2. The summed E-state index contributed by atoms with van der Waals surface area (Å²) in [4.78, 5) is 70.6. The maximum absolute atomic E-state index is 15.4. The van der Waals surface area contributed by atoms with Crippen LogP contribution in [-0.4, -0.2) is 70.5 Å². The molecule has 2 aliphatic heterocycles. The van der Waals surface area contributed by atoms with Gasteiger partial charge in [0.1, 0.15) is 5.75 Å². The Labute approximate surface area is 322 Å². The van der Waals surface area contributed by atoms with E-state index in [-0.39, 0.29) is 64.8 Å². The summed E-state index contributed by atoms with van der Waals surface area (Å²) in [5.74, 6) is -6.69. The highest BCUT2D eigenvalue weighted by atomic mass is 79.9. The third-order valence-corrected chi connectivity index (χ3v) is 12.2. The van der Waals surface area contributed by atoms with Crippen LogP contribution in [0.25, 0.3) is 0 Å². The van der Waals surface area contributed by atoms with Crippen LogP contribution in [0.3, 0.4) is 0 Å². The van der Waals surface area contributed by atoms with Crippen LogP contribution in [-0.2, 0) is 29.4 Å². The van der Waals surface area contributed by atoms with Gasteiger partial charge < -0.3 is 19.7 Å². The number of nitrogens with zero attached hydrogens (tertiary/aromatic N) is 2. The second-order valence-corrected chi connectivity index (χ2v) is 15.3. The Balaban J connectivity index is 1.44. The number of benzene rings is 3. The fourth-order valence-corrected chi connectivity index (χ4v) is 9.72. The van der Waals surface area contributed by atoms with Crippen molar-refractivity contribution in [2.24, 2.45) is 23.7 Å². The Morgan fingerprint density at radius 3 is 2.38 bits per heavy atom. The molecule has 7 rings (SSSR count). The zero-order valence-electron chi connectivity index (χ0n) is 28.5. The molecule has 3 N–H and O–H groups in total. The molecule has 2 heterocycles. The number of methoxy groups -OCH3 is 2. The SMILES string of the molecule is COc1ccc([C@@]23C(=O)N(Nc4ccc(Cl)cc4Cl)C(=O)[C@@H]2C[C@@H]2C(=CC[C@@H]4C(=O)N(CCCC(=O)O)C(=O)[C@@H]42)[C@@H]3c2cc(Br)c(O)c(OC)c2)cc1. The number of amides is 4. The summed E-state index contributed by atoms with van der Waals surface area (Å²) in [5.41, 5.74) is 3.32. The first-order chi connectivity index (χ1) is 25.3. The standard InChI is InChI=1S/C38H34BrCl2N3O9/c1-52-21-8-5-19(6-9-21)38-25(35(49)44(37(38)51)42-28-12-7-20(40)16-27(28)41)17-24-22(32(38)18-14-26(39)33(47)29(15-18)53-2)10-11-23-31(24)36(50)43(34(23)48)13-3-4-30(45)46/h5-10,12,14-16,23-25,31-32,42,47H,3-4,11,13,17H2,1-2H3,(H,45,46)/t23-,24+,25-,31-,32-,38+/m0/s1. The molecule has 1 saturated carbocycles. The van der Waals surface area contributed by atoms with E-state index in [1.807, 2.05) is 6.08 Å². The Bertz CT molecular complexity index is 2090. The second-order valence-electron chi connectivity index (χ2n) is 13.6. The van der Waals surface area contributed by atoms with Gasteiger partial charge in [0.25, 0.3) is 11.8 Å². The summed E-state index contributed by atoms with van der Waals surface area (Å²) >= 11 is 16.1. The molecule has 2 saturated heterocycles. The van der Waals surface area contributed by atoms with Crippen LogP contribution in [0.4, 0.5) is 5.69 Å². The minimum atomic E-state index is -1.61. The second kappa shape index (κ2) is 14.0. The van der Waals surface area contributed by atoms with E-state index in [2.05, 4.69) is 21.4 Å². The van der Waals surface area contributed by atoms with Crippen LogP contribution < -0.4 is 14.9 Å². The van der Waals surface area contributed by atoms with Crippen molar-refractivity contribution in [3.63, 3.8) is 0 Å². The molecule has 0 bridgehead atoms. The highest BCUT2D eigenvalue weighted by molar-refractivity contribution is 9.10. The molecule has 3 fully saturated rings. The number of likely N-dealkylation sites (tertiary alicyclic amines) is 1. The number of allylic oxidation sites excluding steroid dienone is 2. The van der Waals surface area contributed by atoms with Crippen LogP contribution in [0.1, 0.15) is 42.7 Å². The van der Waals surface area contributed by atoms with Crippen molar-refractivity contribution in [1.82, 2.24) is 9.91 Å². The number of halogens is 3. The minimum absolute atomic E-state index is 0.0409. The molecule has 3 aromatic rings. The number of carbonyl (C=O) groups excluding carboxylic acids is 4. The van der Waals surface area contributed by atoms with E-state index in [1.165, 1.54) is 20.3 Å². The molecule has 276 valence electrons. The summed E-state index contributed by atoms with van der Waals surface area (Å²) in [6, 6.07) is 14.8. The van der Waals surface area contributed by atoms with E-state index in [0.717, 1.165) is 9.91 Å². The Morgan fingerprint density at radius 2 is 1.72 bits per heavy atom. The topological polar surface area (TPSA) is 163 Å². The number of ether oxygens (including phenoxy) is 2. The van der Waals surface area contributed by atoms with Gasteiger partial charge in [-0.05, 0) is 94.7 Å². The van der Waals surface area contributed by atoms with Gasteiger partial charge in [-0.15, -0.1) is 0 Å². The van der Waals surface area contributed by atoms with Gasteiger partial charge in [0, 0.05) is 23.9 Å². The first-order valence-corrected chi connectivity index (χ1v) is 18.5. The number of aromatic hydroxyl groups is 1. The molecule has 15 heteroatoms. The molecule has 0 aromatic heterocycles. The number of anilines is 1. The predicted octanol–water partition coefficient (Wildman–Crippen LogP) is 6.33. The number of phenolic OH excluding ortho intramolecular Hbond substituents is 1. The van der Waals surface area contributed by atoms with Crippen molar-refractivity contribution >= 4 is 74.4 Å². The molecule has 0 spiro atoms. The largest absolute Gasteiger partial charge is 0.503 e. The monoisotopic (exact) mass is 825 g/mol. The normalized spacial score (nSPS) is 26.2. The number of fused-ring (bicyclic) bond motifs is 4. The Morgan fingerprint density at radius 1 is 0.981 bits per heavy atom. The summed E-state index contributed by atoms with van der Waals surface area (Å²) in [6.45, 7) is -0.0409. The number of carboxylic acid groups (broad SMARTS) is 1. The first kappa shape index (κ1) is 36.8. The van der Waals surface area contributed by atoms with E-state index in [0.29, 0.717) is 27.5 Å². The molecule has 0 unspecified atom stereocenters. The summed E-state index contributed by atoms with van der Waals surface area (Å²) in [5, 5.41) is 21.6. The average Bonchev–Trinajstić information content (AvgIpc) is 3.50. The number of carboxylic acids is 1. The van der Waals surface area contributed by atoms with Gasteiger partial charge in [0.05, 0.1) is 52.6 Å². The lowest BCUT2D eigenvalue weighted by molar-refractivity contribution is -0.142. The zero-order chi connectivity index (χ0) is 37.9. The van der Waals surface area contributed by atoms with Crippen LogP contribution in [0.5, 0.6) is 17.2 Å². The van der Waals surface area contributed by atoms with Crippen molar-refractivity contribution in [2.45, 2.75) is 37.0 Å². The smallest absolute Gasteiger partial charge is 0.303 e. The third-order valence-electron chi connectivity index (χ3n) is 11.0. The molecule has 2 aliphatic carbocycles. The van der Waals surface area contributed by atoms with Crippen molar-refractivity contribution in [3.8, 4) is 17.2 Å². The lowest BCUT2D eigenvalue weighted by atomic mass is 9.49. The van der Waals surface area contributed by atoms with Crippen LogP contribution in [0.2, 0.25) is 10.0 Å². The van der Waals surface area contributed by atoms with Crippen LogP contribution in [0, 0.1) is 23.7 Å². The molecule has 12 nitrogen and oxygen atoms in total. The molecular formula is C38H34BrCl2N3O9. The summed E-state index contributed by atoms with van der Waals surface area (Å²) in [7, 11) is 2.92. The minimum Gasteiger partial charge on any atom is -0.503 e. The van der Waals surface area contributed by atoms with E-state index in [1.54, 1.807) is 48.5 Å². The molecular weight excluding hydrogens is 793 g/mol. The number of carbonyl (C=O) groups is 5. The van der Waals surface area contributed by atoms with Crippen LogP contribution >= 0.6 is 39.1 Å². The van der Waals surface area contributed by atoms with Gasteiger partial charge in [-0.3, -0.25) is 34.3 Å². The van der Waals surface area contributed by atoms with Gasteiger partial charge >= 0.3 is 5.97 Å². The average molecular weight is 828 g/mol. The predicted molar refractivity (Wildman–Crippen MR) is 197 cm³/mol. The Kier molecular flexibility index (Phi) is 9.71. The van der Waals surface area contributed by atoms with Gasteiger partial charge in [0.2, 0.25) is 11.8 Å². The third kappa shape index (κ3) is 5.84. The molecule has 3 aromatic carbocycles. The molecule has 6 atom stereocenters. The number of nitrogens with one attached hydrogen (secondary N) is 1. The van der Waals surface area contributed by atoms with Crippen LogP contribution in [0.15, 0.2) is 70.7 Å². The van der Waals surface area contributed by atoms with Crippen molar-refractivity contribution < 1.29 is 43.7 Å². The number of phenols is 1. The maximum Gasteiger partial charge on any atom is 0.303 e. The fourth-order valence-electron chi connectivity index (χ4n) is 8.81. The molecule has 4 amide bonds. The number of hydrogen-bond donors (Lipinski definition) is 3. The van der Waals surface area contributed by atoms with Gasteiger partial charge in [0.15, 0.2) is 11.5 Å². The molecule has 4 aliphatic rings. The number of aliphatic carboxylic acids is 1. The van der Waals surface area contributed by atoms with Crippen molar-refractivity contribution in [1.29, 1.82) is 0 Å². The number of hydrazine groups is 1. The molecule has 0 radical (unpaired) electrons. The van der Waals surface area contributed by atoms with Crippen molar-refractivity contribution in [3.05, 3.63) is 91.9 Å². The highest BCUT2D eigenvalue weighted by Crippen LogP contribution is 2.64. The van der Waals surface area contributed by atoms with Gasteiger partial charge in [-0.25, -0.2) is 0 Å². The van der Waals surface area contributed by atoms with E-state index in [4.69, 9.17) is 32.7 Å². The zero-order valence-corrected chi connectivity index (χ0v) is 31.6. The van der Waals surface area contributed by atoms with Gasteiger partial charge in [-0.1, -0.05) is 47.0 Å². The quantitative estimate of drug-likeness (QED) is 0.156. The molecule has 53 heavy (non-hydrogen) atoms. The Hall–Kier alpha value is -4.59. The van der Waals surface area contributed by atoms with E-state index >= 15 is 4.79 Å². The maximum atomic E-state index is 15.4. The number of rotatable bonds is 10. The lowest BCUT2D eigenvalue weighted by Gasteiger charge is -2.50. The van der Waals surface area contributed by atoms with E-state index < -0.39 is 58.7 Å². The fraction of sp³-hybridized carbons (Fsp3) is 0.342. The summed E-state index contributed by atoms with van der Waals surface area (Å²) in [6.07, 6.45) is 2.04. The first-order valence-electron chi connectivity index (χ1n) is 16.9. The van der Waals surface area contributed by atoms with Gasteiger partial charge in [-0.2, -0.15) is 5.01 Å². The summed E-state index contributed by atoms with van der Waals surface area (Å²) < 4.78 is 11.3. The highest BCUT2D eigenvalue weighted by Gasteiger charge is 2.70.